The van der Waals surface area contributed by atoms with Crippen LogP contribution in [0.4, 0.5) is 0 Å². The predicted octanol–water partition coefficient (Wildman–Crippen LogP) is 3.72. The molecule has 0 aliphatic carbocycles. The van der Waals surface area contributed by atoms with Crippen molar-refractivity contribution in [3.05, 3.63) is 59.2 Å². The van der Waals surface area contributed by atoms with Crippen LogP contribution in [0.3, 0.4) is 0 Å². The zero-order valence-corrected chi connectivity index (χ0v) is 22.0. The van der Waals surface area contributed by atoms with Crippen LogP contribution in [0.1, 0.15) is 43.9 Å². The molecule has 9 nitrogen and oxygen atoms in total. The van der Waals surface area contributed by atoms with Crippen LogP contribution in [-0.4, -0.2) is 84.3 Å². The standard InChI is InChI=1S/C29H36N2O7/c1-3-16-38-22-9-6-20(7-10-22)27(33)25-26(21-8-11-23(32)24(19-21)37-4-2)31(29(35)28(25)34)13-5-12-30-14-17-36-18-15-30/h6-11,19,26,32-33H,3-5,12-18H2,1-2H3/b27-25+. The van der Waals surface area contributed by atoms with E-state index in [9.17, 15) is 19.8 Å². The molecule has 204 valence electrons. The van der Waals surface area contributed by atoms with E-state index in [1.54, 1.807) is 43.3 Å². The fourth-order valence-electron chi connectivity index (χ4n) is 4.80. The van der Waals surface area contributed by atoms with E-state index in [2.05, 4.69) is 4.90 Å². The number of rotatable bonds is 11. The van der Waals surface area contributed by atoms with Gasteiger partial charge in [-0.1, -0.05) is 13.0 Å². The Balaban J connectivity index is 1.68. The Morgan fingerprint density at radius 2 is 1.76 bits per heavy atom. The predicted molar refractivity (Wildman–Crippen MR) is 142 cm³/mol. The van der Waals surface area contributed by atoms with Gasteiger partial charge in [0.2, 0.25) is 0 Å². The lowest BCUT2D eigenvalue weighted by atomic mass is 9.95. The van der Waals surface area contributed by atoms with Crippen LogP contribution < -0.4 is 9.47 Å². The minimum absolute atomic E-state index is 0.0109. The van der Waals surface area contributed by atoms with Gasteiger partial charge < -0.3 is 29.3 Å². The number of aromatic hydroxyl groups is 1. The SMILES string of the molecule is CCCOc1ccc(/C(O)=C2\C(=O)C(=O)N(CCCN3CCOCC3)C2c2ccc(O)c(OCC)c2)cc1. The fraction of sp³-hybridized carbons (Fsp3) is 0.448. The minimum Gasteiger partial charge on any atom is -0.507 e. The van der Waals surface area contributed by atoms with E-state index in [1.807, 2.05) is 6.92 Å². The number of amides is 1. The number of carbonyl (C=O) groups excluding carboxylic acids is 2. The van der Waals surface area contributed by atoms with E-state index < -0.39 is 17.7 Å². The van der Waals surface area contributed by atoms with E-state index in [1.165, 1.54) is 11.0 Å². The third kappa shape index (κ3) is 6.11. The molecule has 2 aromatic carbocycles. The van der Waals surface area contributed by atoms with Gasteiger partial charge in [-0.2, -0.15) is 0 Å². The van der Waals surface area contributed by atoms with Crippen LogP contribution in [-0.2, 0) is 14.3 Å². The third-order valence-corrected chi connectivity index (χ3v) is 6.72. The number of Topliss-reactive ketones (excluding diaryl/α,β-unsaturated/α-hetero) is 1. The van der Waals surface area contributed by atoms with Gasteiger partial charge in [-0.3, -0.25) is 14.5 Å². The van der Waals surface area contributed by atoms with E-state index in [0.717, 1.165) is 26.1 Å². The Morgan fingerprint density at radius 3 is 2.45 bits per heavy atom. The smallest absolute Gasteiger partial charge is 0.295 e. The number of ether oxygens (including phenoxy) is 3. The van der Waals surface area contributed by atoms with Crippen LogP contribution in [0, 0.1) is 0 Å². The number of aliphatic hydroxyl groups excluding tert-OH is 1. The molecule has 1 atom stereocenters. The van der Waals surface area contributed by atoms with Gasteiger partial charge in [0, 0.05) is 31.7 Å². The molecule has 4 rings (SSSR count). The summed E-state index contributed by atoms with van der Waals surface area (Å²) < 4.78 is 16.6. The van der Waals surface area contributed by atoms with Crippen molar-refractivity contribution >= 4 is 17.4 Å². The average molecular weight is 525 g/mol. The number of likely N-dealkylation sites (tertiary alicyclic amines) is 1. The zero-order chi connectivity index (χ0) is 27.1. The van der Waals surface area contributed by atoms with Gasteiger partial charge in [-0.25, -0.2) is 0 Å². The molecule has 2 heterocycles. The first kappa shape index (κ1) is 27.5. The highest BCUT2D eigenvalue weighted by molar-refractivity contribution is 6.46. The van der Waals surface area contributed by atoms with Gasteiger partial charge in [-0.05, 0) is 61.7 Å². The van der Waals surface area contributed by atoms with Crippen molar-refractivity contribution in [2.45, 2.75) is 32.7 Å². The Bertz CT molecular complexity index is 1160. The second-order valence-corrected chi connectivity index (χ2v) is 9.33. The molecule has 0 saturated carbocycles. The maximum atomic E-state index is 13.3. The van der Waals surface area contributed by atoms with Crippen molar-refractivity contribution in [3.8, 4) is 17.2 Å². The number of benzene rings is 2. The molecule has 0 aromatic heterocycles. The summed E-state index contributed by atoms with van der Waals surface area (Å²) in [5.74, 6) is -0.784. The van der Waals surface area contributed by atoms with E-state index in [4.69, 9.17) is 14.2 Å². The van der Waals surface area contributed by atoms with Crippen LogP contribution in [0.2, 0.25) is 0 Å². The maximum Gasteiger partial charge on any atom is 0.295 e. The molecular weight excluding hydrogens is 488 g/mol. The molecule has 2 aliphatic heterocycles. The number of hydrogen-bond acceptors (Lipinski definition) is 8. The Kier molecular flexibility index (Phi) is 9.25. The summed E-state index contributed by atoms with van der Waals surface area (Å²) in [6.45, 7) is 8.84. The molecule has 2 aliphatic rings. The number of morpholine rings is 1. The van der Waals surface area contributed by atoms with Gasteiger partial charge in [0.15, 0.2) is 11.5 Å². The van der Waals surface area contributed by atoms with Gasteiger partial charge in [0.25, 0.3) is 11.7 Å². The molecule has 2 saturated heterocycles. The minimum atomic E-state index is -0.824. The molecule has 1 unspecified atom stereocenters. The van der Waals surface area contributed by atoms with Gasteiger partial charge >= 0.3 is 0 Å². The molecule has 0 bridgehead atoms. The summed E-state index contributed by atoms with van der Waals surface area (Å²) in [7, 11) is 0. The maximum absolute atomic E-state index is 13.3. The number of hydrogen-bond donors (Lipinski definition) is 2. The summed E-state index contributed by atoms with van der Waals surface area (Å²) in [5.41, 5.74) is 0.993. The quantitative estimate of drug-likeness (QED) is 0.260. The highest BCUT2D eigenvalue weighted by Gasteiger charge is 2.46. The molecule has 2 fully saturated rings. The number of ketones is 1. The second-order valence-electron chi connectivity index (χ2n) is 9.33. The number of aliphatic hydroxyl groups is 1. The lowest BCUT2D eigenvalue weighted by Gasteiger charge is -2.29. The summed E-state index contributed by atoms with van der Waals surface area (Å²) in [4.78, 5) is 30.4. The van der Waals surface area contributed by atoms with Crippen LogP contribution >= 0.6 is 0 Å². The van der Waals surface area contributed by atoms with Crippen molar-refractivity contribution < 1.29 is 34.0 Å². The lowest BCUT2D eigenvalue weighted by molar-refractivity contribution is -0.140. The van der Waals surface area contributed by atoms with Gasteiger partial charge in [-0.15, -0.1) is 0 Å². The van der Waals surface area contributed by atoms with Crippen LogP contribution in [0.15, 0.2) is 48.0 Å². The molecule has 1 amide bonds. The number of carbonyl (C=O) groups is 2. The molecule has 0 radical (unpaired) electrons. The molecule has 38 heavy (non-hydrogen) atoms. The van der Waals surface area contributed by atoms with Crippen molar-refractivity contribution in [1.29, 1.82) is 0 Å². The molecule has 9 heteroatoms. The van der Waals surface area contributed by atoms with E-state index >= 15 is 0 Å². The normalized spacial score (nSPS) is 19.6. The third-order valence-electron chi connectivity index (χ3n) is 6.72. The summed E-state index contributed by atoms with van der Waals surface area (Å²) in [6.07, 6.45) is 1.52. The number of nitrogens with zero attached hydrogens (tertiary/aromatic N) is 2. The molecule has 2 aromatic rings. The monoisotopic (exact) mass is 524 g/mol. The van der Waals surface area contributed by atoms with Crippen molar-refractivity contribution in [3.63, 3.8) is 0 Å². The lowest BCUT2D eigenvalue weighted by Crippen LogP contribution is -2.38. The molecule has 2 N–H and O–H groups in total. The molecular formula is C29H36N2O7. The van der Waals surface area contributed by atoms with Gasteiger partial charge in [0.1, 0.15) is 11.5 Å². The fourth-order valence-corrected chi connectivity index (χ4v) is 4.80. The topological polar surface area (TPSA) is 109 Å². The van der Waals surface area contributed by atoms with Crippen molar-refractivity contribution in [2.75, 3.05) is 52.6 Å². The first-order valence-corrected chi connectivity index (χ1v) is 13.2. The van der Waals surface area contributed by atoms with Crippen molar-refractivity contribution in [1.82, 2.24) is 9.80 Å². The first-order chi connectivity index (χ1) is 18.4. The van der Waals surface area contributed by atoms with E-state index in [-0.39, 0.29) is 22.8 Å². The van der Waals surface area contributed by atoms with Crippen LogP contribution in [0.25, 0.3) is 5.76 Å². The van der Waals surface area contributed by atoms with E-state index in [0.29, 0.717) is 56.3 Å². The first-order valence-electron chi connectivity index (χ1n) is 13.2. The summed E-state index contributed by atoms with van der Waals surface area (Å²) in [6, 6.07) is 10.7. The zero-order valence-electron chi connectivity index (χ0n) is 22.0. The van der Waals surface area contributed by atoms with Crippen LogP contribution in [0.5, 0.6) is 17.2 Å². The number of phenolic OH excluding ortho intramolecular Hbond substituents is 1. The average Bonchev–Trinajstić information content (AvgIpc) is 3.19. The van der Waals surface area contributed by atoms with Gasteiger partial charge in [0.05, 0.1) is 38.0 Å². The highest BCUT2D eigenvalue weighted by Crippen LogP contribution is 2.42. The highest BCUT2D eigenvalue weighted by atomic mass is 16.5. The van der Waals surface area contributed by atoms with Crippen molar-refractivity contribution in [2.24, 2.45) is 0 Å². The summed E-state index contributed by atoms with van der Waals surface area (Å²) >= 11 is 0. The molecule has 0 spiro atoms. The largest absolute Gasteiger partial charge is 0.507 e. The number of phenols is 1. The Morgan fingerprint density at radius 1 is 1.03 bits per heavy atom. The Hall–Kier alpha value is -3.56. The summed E-state index contributed by atoms with van der Waals surface area (Å²) in [5, 5.41) is 21.6. The Labute approximate surface area is 223 Å². The second kappa shape index (κ2) is 12.8.